The molecule has 2 aromatic heterocycles. The van der Waals surface area contributed by atoms with Crippen LogP contribution in [0.15, 0.2) is 66.4 Å². The van der Waals surface area contributed by atoms with Crippen molar-refractivity contribution in [3.8, 4) is 22.8 Å². The van der Waals surface area contributed by atoms with Crippen LogP contribution in [0.3, 0.4) is 0 Å². The second kappa shape index (κ2) is 13.3. The molecule has 3 N–H and O–H groups in total. The molecule has 3 amide bonds. The summed E-state index contributed by atoms with van der Waals surface area (Å²) in [6, 6.07) is 17.2. The van der Waals surface area contributed by atoms with Gasteiger partial charge in [-0.1, -0.05) is 0 Å². The summed E-state index contributed by atoms with van der Waals surface area (Å²) in [5, 5.41) is 11.0. The van der Waals surface area contributed by atoms with Gasteiger partial charge in [-0.15, -0.1) is 0 Å². The highest BCUT2D eigenvalue weighted by Crippen LogP contribution is 2.39. The van der Waals surface area contributed by atoms with Crippen molar-refractivity contribution in [1.82, 2.24) is 19.7 Å². The number of hydrogen-bond donors (Lipinski definition) is 3. The summed E-state index contributed by atoms with van der Waals surface area (Å²) >= 11 is 0. The van der Waals surface area contributed by atoms with Gasteiger partial charge in [0, 0.05) is 71.8 Å². The number of aromatic amines is 1. The number of benzene rings is 3. The normalized spacial score (nSPS) is 13.1. The number of ketones is 1. The number of amides is 3. The van der Waals surface area contributed by atoms with E-state index in [-0.39, 0.29) is 17.4 Å². The Labute approximate surface area is 284 Å². The molecule has 0 spiro atoms. The minimum Gasteiger partial charge on any atom is -0.497 e. The van der Waals surface area contributed by atoms with E-state index < -0.39 is 6.03 Å². The maximum absolute atomic E-state index is 13.7. The van der Waals surface area contributed by atoms with Gasteiger partial charge in [0.15, 0.2) is 5.76 Å². The minimum atomic E-state index is -0.482. The van der Waals surface area contributed by atoms with Crippen molar-refractivity contribution < 1.29 is 23.9 Å². The van der Waals surface area contributed by atoms with Crippen LogP contribution in [0, 0.1) is 13.8 Å². The molecule has 49 heavy (non-hydrogen) atoms. The fourth-order valence-electron chi connectivity index (χ4n) is 5.89. The molecule has 0 bridgehead atoms. The predicted octanol–water partition coefficient (Wildman–Crippen LogP) is 6.37. The highest BCUT2D eigenvalue weighted by molar-refractivity contribution is 6.16. The molecule has 1 aliphatic heterocycles. The smallest absolute Gasteiger partial charge is 0.323 e. The highest BCUT2D eigenvalue weighted by atomic mass is 16.5. The van der Waals surface area contributed by atoms with Crippen molar-refractivity contribution in [1.29, 1.82) is 0 Å². The lowest BCUT2D eigenvalue weighted by Gasteiger charge is -2.19. The molecule has 0 fully saturated rings. The third kappa shape index (κ3) is 6.63. The van der Waals surface area contributed by atoms with Crippen LogP contribution in [0.25, 0.3) is 28.2 Å². The number of allylic oxidation sites excluding steroid dienone is 1. The Hall–Kier alpha value is -5.88. The number of anilines is 3. The van der Waals surface area contributed by atoms with Crippen LogP contribution in [-0.4, -0.2) is 72.2 Å². The topological polar surface area (TPSA) is 134 Å². The molecule has 0 saturated heterocycles. The SMILES string of the molecule is COc1ccc2[nH]c(-c3c(C)nn(C)c3C)c(C=C3Oc4ccc(NC(=O)Nc5ccc(N(C)C(=O)CCN(C)C)cc5)cc4C3=O)c2c1. The van der Waals surface area contributed by atoms with E-state index in [9.17, 15) is 14.4 Å². The first kappa shape index (κ1) is 33.0. The number of H-pyrrole nitrogens is 1. The van der Waals surface area contributed by atoms with Crippen molar-refractivity contribution >= 4 is 51.8 Å². The average Bonchev–Trinajstić information content (AvgIpc) is 3.68. The van der Waals surface area contributed by atoms with E-state index in [1.54, 1.807) is 67.6 Å². The molecule has 0 aliphatic carbocycles. The molecule has 12 heteroatoms. The van der Waals surface area contributed by atoms with Crippen LogP contribution in [0.5, 0.6) is 11.5 Å². The zero-order chi connectivity index (χ0) is 35.0. The van der Waals surface area contributed by atoms with Crippen LogP contribution in [0.4, 0.5) is 21.9 Å². The lowest BCUT2D eigenvalue weighted by molar-refractivity contribution is -0.118. The lowest BCUT2D eigenvalue weighted by atomic mass is 10.0. The minimum absolute atomic E-state index is 0.00102. The van der Waals surface area contributed by atoms with E-state index in [4.69, 9.17) is 9.47 Å². The highest BCUT2D eigenvalue weighted by Gasteiger charge is 2.29. The first-order valence-electron chi connectivity index (χ1n) is 15.8. The van der Waals surface area contributed by atoms with Crippen molar-refractivity contribution in [3.05, 3.63) is 88.9 Å². The molecule has 3 heterocycles. The number of rotatable bonds is 9. The molecule has 12 nitrogen and oxygen atoms in total. The van der Waals surface area contributed by atoms with Gasteiger partial charge < -0.3 is 34.9 Å². The number of fused-ring (bicyclic) bond motifs is 2. The lowest BCUT2D eigenvalue weighted by Crippen LogP contribution is -2.29. The quantitative estimate of drug-likeness (QED) is 0.156. The first-order valence-corrected chi connectivity index (χ1v) is 15.8. The van der Waals surface area contributed by atoms with Gasteiger partial charge in [-0.25, -0.2) is 4.79 Å². The molecule has 5 aromatic rings. The van der Waals surface area contributed by atoms with E-state index >= 15 is 0 Å². The maximum Gasteiger partial charge on any atom is 0.323 e. The molecule has 0 unspecified atom stereocenters. The summed E-state index contributed by atoms with van der Waals surface area (Å²) in [6.45, 7) is 4.61. The van der Waals surface area contributed by atoms with Crippen molar-refractivity contribution in [3.63, 3.8) is 0 Å². The number of ether oxygens (including phenoxy) is 2. The van der Waals surface area contributed by atoms with Crippen LogP contribution in [-0.2, 0) is 11.8 Å². The largest absolute Gasteiger partial charge is 0.497 e. The number of hydrogen-bond acceptors (Lipinski definition) is 7. The van der Waals surface area contributed by atoms with Crippen molar-refractivity contribution in [2.45, 2.75) is 20.3 Å². The van der Waals surface area contributed by atoms with Gasteiger partial charge in [0.2, 0.25) is 11.7 Å². The standard InChI is InChI=1S/C37H39N7O5/c1-21-34(22(2)44(6)41-21)35-28(27-19-26(48-7)13-14-30(27)40-35)20-32-36(46)29-18-24(10-15-31(29)49-32)39-37(47)38-23-8-11-25(12-9-23)43(5)33(45)16-17-42(3)4/h8-15,18-20,40H,16-17H2,1-7H3,(H2,38,39,47). The Bertz CT molecular complexity index is 2130. The maximum atomic E-state index is 13.7. The van der Waals surface area contributed by atoms with Gasteiger partial charge in [-0.3, -0.25) is 14.3 Å². The van der Waals surface area contributed by atoms with E-state index in [0.29, 0.717) is 41.4 Å². The van der Waals surface area contributed by atoms with Gasteiger partial charge in [0.05, 0.1) is 24.1 Å². The summed E-state index contributed by atoms with van der Waals surface area (Å²) in [5.41, 5.74) is 7.27. The van der Waals surface area contributed by atoms with Gasteiger partial charge in [0.1, 0.15) is 11.5 Å². The Balaban J connectivity index is 1.20. The van der Waals surface area contributed by atoms with E-state index in [1.165, 1.54) is 0 Å². The van der Waals surface area contributed by atoms with Crippen molar-refractivity contribution in [2.24, 2.45) is 7.05 Å². The Morgan fingerprint density at radius 1 is 1.00 bits per heavy atom. The summed E-state index contributed by atoms with van der Waals surface area (Å²) in [7, 11) is 9.09. The first-order chi connectivity index (χ1) is 23.4. The van der Waals surface area contributed by atoms with Crippen LogP contribution in [0.2, 0.25) is 0 Å². The fraction of sp³-hybridized carbons (Fsp3) is 0.243. The Morgan fingerprint density at radius 3 is 2.39 bits per heavy atom. The molecule has 0 saturated carbocycles. The molecule has 3 aromatic carbocycles. The zero-order valence-corrected chi connectivity index (χ0v) is 28.6. The van der Waals surface area contributed by atoms with E-state index in [0.717, 1.165) is 44.8 Å². The Morgan fingerprint density at radius 2 is 1.71 bits per heavy atom. The third-order valence-electron chi connectivity index (χ3n) is 8.67. The predicted molar refractivity (Wildman–Crippen MR) is 192 cm³/mol. The number of methoxy groups -OCH3 is 1. The monoisotopic (exact) mass is 661 g/mol. The average molecular weight is 662 g/mol. The van der Waals surface area contributed by atoms with E-state index in [2.05, 4.69) is 20.7 Å². The molecular formula is C37H39N7O5. The van der Waals surface area contributed by atoms with Gasteiger partial charge in [-0.05, 0) is 94.7 Å². The second-order valence-corrected chi connectivity index (χ2v) is 12.3. The number of aromatic nitrogens is 3. The fourth-order valence-corrected chi connectivity index (χ4v) is 5.89. The zero-order valence-electron chi connectivity index (χ0n) is 28.6. The number of nitrogens with one attached hydrogen (secondary N) is 3. The third-order valence-corrected chi connectivity index (χ3v) is 8.67. The van der Waals surface area contributed by atoms with Gasteiger partial charge >= 0.3 is 6.03 Å². The number of urea groups is 1. The number of nitrogens with zero attached hydrogens (tertiary/aromatic N) is 4. The molecular weight excluding hydrogens is 622 g/mol. The molecule has 1 aliphatic rings. The summed E-state index contributed by atoms with van der Waals surface area (Å²) < 4.78 is 13.4. The van der Waals surface area contributed by atoms with Crippen LogP contribution < -0.4 is 25.0 Å². The number of Topliss-reactive ketones (excluding diaryl/α,β-unsaturated/α-hetero) is 1. The summed E-state index contributed by atoms with van der Waals surface area (Å²) in [5.74, 6) is 0.936. The summed E-state index contributed by atoms with van der Waals surface area (Å²) in [6.07, 6.45) is 2.15. The van der Waals surface area contributed by atoms with E-state index in [1.807, 2.05) is 62.8 Å². The van der Waals surface area contributed by atoms with Crippen LogP contribution in [0.1, 0.15) is 33.7 Å². The second-order valence-electron chi connectivity index (χ2n) is 12.3. The number of carbonyl (C=O) groups excluding carboxylic acids is 3. The number of aryl methyl sites for hydroxylation is 2. The number of carbonyl (C=O) groups is 3. The van der Waals surface area contributed by atoms with Gasteiger partial charge in [0.25, 0.3) is 0 Å². The molecule has 252 valence electrons. The van der Waals surface area contributed by atoms with Gasteiger partial charge in [-0.2, -0.15) is 5.10 Å². The van der Waals surface area contributed by atoms with Crippen LogP contribution >= 0.6 is 0 Å². The molecule has 6 rings (SSSR count). The molecule has 0 atom stereocenters. The van der Waals surface area contributed by atoms with Crippen molar-refractivity contribution in [2.75, 3.05) is 50.3 Å². The molecule has 0 radical (unpaired) electrons. The summed E-state index contributed by atoms with van der Waals surface area (Å²) in [4.78, 5) is 46.1. The Kier molecular flexibility index (Phi) is 8.98.